The van der Waals surface area contributed by atoms with E-state index in [1.807, 2.05) is 6.92 Å². The van der Waals surface area contributed by atoms with Crippen molar-refractivity contribution in [2.75, 3.05) is 11.1 Å². The lowest BCUT2D eigenvalue weighted by molar-refractivity contribution is -0.116. The molecule has 7 heteroatoms. The van der Waals surface area contributed by atoms with Crippen LogP contribution in [0.15, 0.2) is 40.3 Å². The first-order chi connectivity index (χ1) is 11.5. The van der Waals surface area contributed by atoms with Crippen LogP contribution in [0.3, 0.4) is 0 Å². The molecule has 128 valence electrons. The van der Waals surface area contributed by atoms with Crippen LogP contribution in [0.2, 0.25) is 0 Å². The summed E-state index contributed by atoms with van der Waals surface area (Å²) in [6, 6.07) is 7.20. The highest BCUT2D eigenvalue weighted by Gasteiger charge is 2.07. The predicted molar refractivity (Wildman–Crippen MR) is 93.8 cm³/mol. The molecule has 1 amide bonds. The normalized spacial score (nSPS) is 10.6. The summed E-state index contributed by atoms with van der Waals surface area (Å²) in [5, 5.41) is 3.39. The van der Waals surface area contributed by atoms with Crippen LogP contribution >= 0.6 is 11.8 Å². The SMILES string of the molecule is CCc1cc(=O)n(C)c(SCCCC(=O)Nc2ccc(F)cc2)n1. The Labute approximate surface area is 144 Å². The minimum atomic E-state index is -0.336. The first-order valence-corrected chi connectivity index (χ1v) is 8.73. The summed E-state index contributed by atoms with van der Waals surface area (Å²) in [5.41, 5.74) is 1.28. The number of rotatable bonds is 7. The maximum absolute atomic E-state index is 12.8. The Hall–Kier alpha value is -2.15. The van der Waals surface area contributed by atoms with Crippen molar-refractivity contribution in [3.05, 3.63) is 52.2 Å². The Morgan fingerprint density at radius 3 is 2.71 bits per heavy atom. The van der Waals surface area contributed by atoms with Crippen LogP contribution in [0, 0.1) is 5.82 Å². The number of carbonyl (C=O) groups excluding carboxylic acids is 1. The van der Waals surface area contributed by atoms with Crippen LogP contribution in [-0.4, -0.2) is 21.2 Å². The zero-order chi connectivity index (χ0) is 17.5. The minimum absolute atomic E-state index is 0.0709. The summed E-state index contributed by atoms with van der Waals surface area (Å²) in [6.07, 6.45) is 1.72. The first kappa shape index (κ1) is 18.2. The van der Waals surface area contributed by atoms with Gasteiger partial charge >= 0.3 is 0 Å². The van der Waals surface area contributed by atoms with Crippen molar-refractivity contribution in [3.8, 4) is 0 Å². The minimum Gasteiger partial charge on any atom is -0.326 e. The summed E-state index contributed by atoms with van der Waals surface area (Å²) >= 11 is 1.46. The summed E-state index contributed by atoms with van der Waals surface area (Å²) < 4.78 is 14.3. The Kier molecular flexibility index (Phi) is 6.54. The van der Waals surface area contributed by atoms with Gasteiger partial charge in [-0.15, -0.1) is 0 Å². The number of hydrogen-bond donors (Lipinski definition) is 1. The fourth-order valence-corrected chi connectivity index (χ4v) is 2.96. The van der Waals surface area contributed by atoms with Gasteiger partial charge in [0.1, 0.15) is 5.82 Å². The molecule has 0 aliphatic carbocycles. The smallest absolute Gasteiger partial charge is 0.254 e. The summed E-state index contributed by atoms with van der Waals surface area (Å²) in [7, 11) is 1.69. The standard InChI is InChI=1S/C17H20FN3O2S/c1-3-13-11-16(23)21(2)17(20-13)24-10-4-5-15(22)19-14-8-6-12(18)7-9-14/h6-9,11H,3-5,10H2,1-2H3,(H,19,22). The third-order valence-electron chi connectivity index (χ3n) is 3.42. The number of nitrogens with one attached hydrogen (secondary N) is 1. The fourth-order valence-electron chi connectivity index (χ4n) is 2.03. The maximum atomic E-state index is 12.8. The first-order valence-electron chi connectivity index (χ1n) is 7.74. The van der Waals surface area contributed by atoms with Crippen LogP contribution in [0.25, 0.3) is 0 Å². The molecular weight excluding hydrogens is 329 g/mol. The lowest BCUT2D eigenvalue weighted by atomic mass is 10.3. The zero-order valence-corrected chi connectivity index (χ0v) is 14.5. The number of amides is 1. The van der Waals surface area contributed by atoms with E-state index in [2.05, 4.69) is 10.3 Å². The highest BCUT2D eigenvalue weighted by molar-refractivity contribution is 7.99. The largest absolute Gasteiger partial charge is 0.326 e. The van der Waals surface area contributed by atoms with E-state index in [1.165, 1.54) is 40.6 Å². The van der Waals surface area contributed by atoms with Gasteiger partial charge in [-0.3, -0.25) is 14.2 Å². The molecular formula is C17H20FN3O2S. The Morgan fingerprint density at radius 2 is 2.04 bits per heavy atom. The van der Waals surface area contributed by atoms with Crippen LogP contribution in [-0.2, 0) is 18.3 Å². The van der Waals surface area contributed by atoms with Gasteiger partial charge in [-0.25, -0.2) is 9.37 Å². The number of halogens is 1. The van der Waals surface area contributed by atoms with E-state index in [-0.39, 0.29) is 17.3 Å². The second-order valence-corrected chi connectivity index (χ2v) is 6.35. The Balaban J connectivity index is 1.80. The number of thioether (sulfide) groups is 1. The molecule has 1 heterocycles. The van der Waals surface area contributed by atoms with E-state index in [0.717, 1.165) is 5.69 Å². The lowest BCUT2D eigenvalue weighted by Crippen LogP contribution is -2.20. The molecule has 0 saturated heterocycles. The fraction of sp³-hybridized carbons (Fsp3) is 0.353. The molecule has 0 aliphatic rings. The van der Waals surface area contributed by atoms with Crippen LogP contribution in [0.1, 0.15) is 25.5 Å². The van der Waals surface area contributed by atoms with E-state index < -0.39 is 0 Å². The Morgan fingerprint density at radius 1 is 1.33 bits per heavy atom. The molecule has 1 N–H and O–H groups in total. The van der Waals surface area contributed by atoms with E-state index >= 15 is 0 Å². The van der Waals surface area contributed by atoms with Crippen molar-refractivity contribution in [3.63, 3.8) is 0 Å². The zero-order valence-electron chi connectivity index (χ0n) is 13.7. The second kappa shape index (κ2) is 8.63. The van der Waals surface area contributed by atoms with Gasteiger partial charge in [-0.1, -0.05) is 18.7 Å². The van der Waals surface area contributed by atoms with E-state index in [9.17, 15) is 14.0 Å². The van der Waals surface area contributed by atoms with Crippen LogP contribution < -0.4 is 10.9 Å². The number of benzene rings is 1. The van der Waals surface area contributed by atoms with Crippen molar-refractivity contribution < 1.29 is 9.18 Å². The van der Waals surface area contributed by atoms with E-state index in [4.69, 9.17) is 0 Å². The lowest BCUT2D eigenvalue weighted by Gasteiger charge is -2.08. The quantitative estimate of drug-likeness (QED) is 0.474. The molecule has 1 aromatic heterocycles. The van der Waals surface area contributed by atoms with Gasteiger partial charge in [0.15, 0.2) is 5.16 Å². The molecule has 5 nitrogen and oxygen atoms in total. The number of aryl methyl sites for hydroxylation is 1. The molecule has 0 radical (unpaired) electrons. The molecule has 0 atom stereocenters. The Bertz CT molecular complexity index is 759. The highest BCUT2D eigenvalue weighted by Crippen LogP contribution is 2.16. The van der Waals surface area contributed by atoms with Gasteiger partial charge in [0.25, 0.3) is 5.56 Å². The molecule has 0 saturated carbocycles. The van der Waals surface area contributed by atoms with Gasteiger partial charge in [0, 0.05) is 36.7 Å². The van der Waals surface area contributed by atoms with Crippen molar-refractivity contribution >= 4 is 23.4 Å². The summed E-state index contributed by atoms with van der Waals surface area (Å²) in [6.45, 7) is 1.95. The molecule has 0 unspecified atom stereocenters. The van der Waals surface area contributed by atoms with Crippen molar-refractivity contribution in [2.45, 2.75) is 31.3 Å². The average Bonchev–Trinajstić information content (AvgIpc) is 2.57. The van der Waals surface area contributed by atoms with Crippen molar-refractivity contribution in [2.24, 2.45) is 7.05 Å². The molecule has 2 aromatic rings. The summed E-state index contributed by atoms with van der Waals surface area (Å²) in [4.78, 5) is 28.1. The molecule has 1 aromatic carbocycles. The average molecular weight is 349 g/mol. The van der Waals surface area contributed by atoms with Gasteiger partial charge in [-0.2, -0.15) is 0 Å². The molecule has 0 bridgehead atoms. The molecule has 0 fully saturated rings. The third-order valence-corrected chi connectivity index (χ3v) is 4.53. The van der Waals surface area contributed by atoms with Crippen LogP contribution in [0.5, 0.6) is 0 Å². The van der Waals surface area contributed by atoms with E-state index in [1.54, 1.807) is 13.1 Å². The number of aromatic nitrogens is 2. The predicted octanol–water partition coefficient (Wildman–Crippen LogP) is 2.99. The second-order valence-electron chi connectivity index (χ2n) is 5.29. The number of carbonyl (C=O) groups is 1. The highest BCUT2D eigenvalue weighted by atomic mass is 32.2. The maximum Gasteiger partial charge on any atom is 0.254 e. The van der Waals surface area contributed by atoms with Gasteiger partial charge in [0.05, 0.1) is 0 Å². The monoisotopic (exact) mass is 349 g/mol. The topological polar surface area (TPSA) is 64.0 Å². The summed E-state index contributed by atoms with van der Waals surface area (Å²) in [5.74, 6) is 0.229. The van der Waals surface area contributed by atoms with Gasteiger partial charge in [-0.05, 0) is 37.1 Å². The number of hydrogen-bond acceptors (Lipinski definition) is 4. The van der Waals surface area contributed by atoms with E-state index in [0.29, 0.717) is 35.9 Å². The molecule has 0 aliphatic heterocycles. The third kappa shape index (κ3) is 5.19. The van der Waals surface area contributed by atoms with Crippen molar-refractivity contribution in [1.82, 2.24) is 9.55 Å². The molecule has 2 rings (SSSR count). The number of anilines is 1. The van der Waals surface area contributed by atoms with Crippen LogP contribution in [0.4, 0.5) is 10.1 Å². The molecule has 0 spiro atoms. The van der Waals surface area contributed by atoms with Crippen molar-refractivity contribution in [1.29, 1.82) is 0 Å². The van der Waals surface area contributed by atoms with Gasteiger partial charge < -0.3 is 5.32 Å². The number of nitrogens with zero attached hydrogens (tertiary/aromatic N) is 2. The van der Waals surface area contributed by atoms with Gasteiger partial charge in [0.2, 0.25) is 5.91 Å². The molecule has 24 heavy (non-hydrogen) atoms.